The lowest BCUT2D eigenvalue weighted by Gasteiger charge is -2.22. The minimum atomic E-state index is -1.03. The Morgan fingerprint density at radius 3 is 2.21 bits per heavy atom. The van der Waals surface area contributed by atoms with E-state index in [2.05, 4.69) is 5.10 Å². The van der Waals surface area contributed by atoms with E-state index in [9.17, 15) is 14.4 Å². The number of hydrogen-bond acceptors (Lipinski definition) is 6. The van der Waals surface area contributed by atoms with Crippen LogP contribution in [0.25, 0.3) is 0 Å². The zero-order valence-corrected chi connectivity index (χ0v) is 15.9. The molecule has 142 valence electrons. The molecule has 4 rings (SSSR count). The topological polar surface area (TPSA) is 79.3 Å². The Morgan fingerprint density at radius 2 is 1.61 bits per heavy atom. The van der Waals surface area contributed by atoms with Crippen LogP contribution < -0.4 is 9.91 Å². The maximum absolute atomic E-state index is 13.2. The number of imide groups is 1. The lowest BCUT2D eigenvalue weighted by Crippen LogP contribution is -2.39. The van der Waals surface area contributed by atoms with Gasteiger partial charge in [0.05, 0.1) is 18.5 Å². The van der Waals surface area contributed by atoms with Crippen molar-refractivity contribution in [2.45, 2.75) is 13.0 Å². The number of rotatable bonds is 3. The van der Waals surface area contributed by atoms with E-state index in [0.29, 0.717) is 16.4 Å². The lowest BCUT2D eigenvalue weighted by molar-refractivity contribution is -0.133. The van der Waals surface area contributed by atoms with Crippen LogP contribution in [0.2, 0.25) is 5.02 Å². The molecule has 2 aliphatic heterocycles. The first kappa shape index (κ1) is 18.2. The molecular formula is C20H16ClN3O4. The van der Waals surface area contributed by atoms with Crippen LogP contribution in [-0.4, -0.2) is 36.6 Å². The van der Waals surface area contributed by atoms with Crippen LogP contribution in [0.15, 0.2) is 53.6 Å². The van der Waals surface area contributed by atoms with Gasteiger partial charge in [0.1, 0.15) is 12.0 Å². The number of methoxy groups -OCH3 is 1. The number of aryl methyl sites for hydroxylation is 1. The molecule has 7 nitrogen and oxygen atoms in total. The van der Waals surface area contributed by atoms with Crippen LogP contribution in [-0.2, 0) is 19.1 Å². The van der Waals surface area contributed by atoms with Gasteiger partial charge in [-0.25, -0.2) is 9.69 Å². The minimum absolute atomic E-state index is 0.0807. The van der Waals surface area contributed by atoms with Gasteiger partial charge >= 0.3 is 5.97 Å². The van der Waals surface area contributed by atoms with Crippen molar-refractivity contribution in [2.24, 2.45) is 11.0 Å². The fourth-order valence-electron chi connectivity index (χ4n) is 3.44. The van der Waals surface area contributed by atoms with Crippen LogP contribution >= 0.6 is 11.6 Å². The van der Waals surface area contributed by atoms with E-state index in [-0.39, 0.29) is 5.71 Å². The number of esters is 1. The van der Waals surface area contributed by atoms with Gasteiger partial charge in [0.15, 0.2) is 5.71 Å². The summed E-state index contributed by atoms with van der Waals surface area (Å²) >= 11 is 5.91. The number of halogens is 1. The van der Waals surface area contributed by atoms with E-state index in [1.165, 1.54) is 12.1 Å². The molecule has 2 amide bonds. The highest BCUT2D eigenvalue weighted by atomic mass is 35.5. The summed E-state index contributed by atoms with van der Waals surface area (Å²) in [6.07, 6.45) is 0. The Bertz CT molecular complexity index is 1000. The number of carbonyl (C=O) groups is 3. The standard InChI is InChI=1S/C20H16ClN3O4/c1-11-3-7-14(8-4-11)24-17-15(16(22-24)20(27)28-2)18(25)23(19(17)26)13-9-5-12(21)6-10-13/h3-10,15,17H,1-2H3/t15-,17+/m1/s1. The second-order valence-corrected chi connectivity index (χ2v) is 7.00. The fraction of sp³-hybridized carbons (Fsp3) is 0.200. The Morgan fingerprint density at radius 1 is 1.00 bits per heavy atom. The molecule has 0 saturated carbocycles. The van der Waals surface area contributed by atoms with E-state index in [1.807, 2.05) is 19.1 Å². The number of nitrogens with zero attached hydrogens (tertiary/aromatic N) is 3. The maximum Gasteiger partial charge on any atom is 0.355 e. The molecule has 0 N–H and O–H groups in total. The van der Waals surface area contributed by atoms with Crippen LogP contribution in [0, 0.1) is 12.8 Å². The molecule has 2 atom stereocenters. The van der Waals surface area contributed by atoms with E-state index in [4.69, 9.17) is 16.3 Å². The molecule has 0 aromatic heterocycles. The van der Waals surface area contributed by atoms with Gasteiger partial charge in [-0.3, -0.25) is 14.6 Å². The molecular weight excluding hydrogens is 382 g/mol. The zero-order chi connectivity index (χ0) is 20.0. The van der Waals surface area contributed by atoms with E-state index >= 15 is 0 Å². The fourth-order valence-corrected chi connectivity index (χ4v) is 3.57. The quantitative estimate of drug-likeness (QED) is 0.587. The number of benzene rings is 2. The smallest absolute Gasteiger partial charge is 0.355 e. The SMILES string of the molecule is COC(=O)C1=NN(c2ccc(C)cc2)[C@@H]2C(=O)N(c3ccc(Cl)cc3)C(=O)[C@H]12. The second-order valence-electron chi connectivity index (χ2n) is 6.57. The van der Waals surface area contributed by atoms with Crippen LogP contribution in [0.5, 0.6) is 0 Å². The molecule has 1 fully saturated rings. The average molecular weight is 398 g/mol. The summed E-state index contributed by atoms with van der Waals surface area (Å²) in [5.74, 6) is -2.74. The summed E-state index contributed by atoms with van der Waals surface area (Å²) < 4.78 is 4.79. The van der Waals surface area contributed by atoms with Crippen molar-refractivity contribution in [2.75, 3.05) is 17.0 Å². The molecule has 2 heterocycles. The molecule has 8 heteroatoms. The third-order valence-corrected chi connectivity index (χ3v) is 5.08. The summed E-state index contributed by atoms with van der Waals surface area (Å²) in [6.45, 7) is 1.94. The molecule has 2 aromatic carbocycles. The van der Waals surface area contributed by atoms with E-state index < -0.39 is 29.7 Å². The monoisotopic (exact) mass is 397 g/mol. The van der Waals surface area contributed by atoms with Gasteiger partial charge in [0, 0.05) is 5.02 Å². The molecule has 28 heavy (non-hydrogen) atoms. The summed E-state index contributed by atoms with van der Waals surface area (Å²) in [5, 5.41) is 6.18. The third kappa shape index (κ3) is 2.75. The van der Waals surface area contributed by atoms with Crippen molar-refractivity contribution in [1.82, 2.24) is 0 Å². The normalized spacial score (nSPS) is 21.0. The van der Waals surface area contributed by atoms with Gasteiger partial charge in [0.25, 0.3) is 5.91 Å². The highest BCUT2D eigenvalue weighted by molar-refractivity contribution is 6.47. The first-order chi connectivity index (χ1) is 13.4. The average Bonchev–Trinajstić information content (AvgIpc) is 3.20. The molecule has 0 spiro atoms. The van der Waals surface area contributed by atoms with Crippen molar-refractivity contribution < 1.29 is 19.1 Å². The molecule has 0 unspecified atom stereocenters. The van der Waals surface area contributed by atoms with Gasteiger partial charge < -0.3 is 4.74 Å². The molecule has 2 aliphatic rings. The summed E-state index contributed by atoms with van der Waals surface area (Å²) in [5.41, 5.74) is 1.96. The number of fused-ring (bicyclic) bond motifs is 1. The van der Waals surface area contributed by atoms with Crippen molar-refractivity contribution in [3.05, 3.63) is 59.1 Å². The lowest BCUT2D eigenvalue weighted by atomic mass is 9.97. The number of amides is 2. The number of anilines is 2. The van der Waals surface area contributed by atoms with Crippen molar-refractivity contribution >= 4 is 46.5 Å². The highest BCUT2D eigenvalue weighted by Crippen LogP contribution is 2.38. The van der Waals surface area contributed by atoms with Crippen LogP contribution in [0.3, 0.4) is 0 Å². The van der Waals surface area contributed by atoms with E-state index in [0.717, 1.165) is 10.5 Å². The second kappa shape index (κ2) is 6.76. The number of hydrazone groups is 1. The predicted molar refractivity (Wildman–Crippen MR) is 104 cm³/mol. The first-order valence-electron chi connectivity index (χ1n) is 8.58. The maximum atomic E-state index is 13.2. The minimum Gasteiger partial charge on any atom is -0.464 e. The molecule has 0 aliphatic carbocycles. The Kier molecular flexibility index (Phi) is 4.39. The van der Waals surface area contributed by atoms with Crippen molar-refractivity contribution in [1.29, 1.82) is 0 Å². The Balaban J connectivity index is 1.79. The van der Waals surface area contributed by atoms with Crippen LogP contribution in [0.4, 0.5) is 11.4 Å². The molecule has 0 radical (unpaired) electrons. The summed E-state index contributed by atoms with van der Waals surface area (Å²) in [4.78, 5) is 39.6. The molecule has 2 aromatic rings. The zero-order valence-electron chi connectivity index (χ0n) is 15.1. The highest BCUT2D eigenvalue weighted by Gasteiger charge is 2.59. The van der Waals surface area contributed by atoms with Crippen molar-refractivity contribution in [3.8, 4) is 0 Å². The number of ether oxygens (including phenoxy) is 1. The van der Waals surface area contributed by atoms with Gasteiger partial charge in [-0.2, -0.15) is 5.10 Å². The molecule has 0 bridgehead atoms. The third-order valence-electron chi connectivity index (χ3n) is 4.83. The molecule has 1 saturated heterocycles. The predicted octanol–water partition coefficient (Wildman–Crippen LogP) is 2.56. The Hall–Kier alpha value is -3.19. The van der Waals surface area contributed by atoms with Crippen LogP contribution in [0.1, 0.15) is 5.56 Å². The van der Waals surface area contributed by atoms with E-state index in [1.54, 1.807) is 36.4 Å². The number of carbonyl (C=O) groups excluding carboxylic acids is 3. The number of hydrogen-bond donors (Lipinski definition) is 0. The summed E-state index contributed by atoms with van der Waals surface area (Å²) in [7, 11) is 1.21. The Labute approximate surface area is 166 Å². The van der Waals surface area contributed by atoms with Gasteiger partial charge in [-0.1, -0.05) is 29.3 Å². The van der Waals surface area contributed by atoms with Gasteiger partial charge in [-0.05, 0) is 43.3 Å². The van der Waals surface area contributed by atoms with Gasteiger partial charge in [-0.15, -0.1) is 0 Å². The largest absolute Gasteiger partial charge is 0.464 e. The van der Waals surface area contributed by atoms with Gasteiger partial charge in [0.2, 0.25) is 5.91 Å². The van der Waals surface area contributed by atoms with Crippen molar-refractivity contribution in [3.63, 3.8) is 0 Å². The first-order valence-corrected chi connectivity index (χ1v) is 8.96. The summed E-state index contributed by atoms with van der Waals surface area (Å²) in [6, 6.07) is 12.7.